The molecule has 0 unspecified atom stereocenters. The highest BCUT2D eigenvalue weighted by Crippen LogP contribution is 2.17. The van der Waals surface area contributed by atoms with Gasteiger partial charge in [0.25, 0.3) is 0 Å². The van der Waals surface area contributed by atoms with Crippen molar-refractivity contribution in [3.8, 4) is 0 Å². The highest BCUT2D eigenvalue weighted by molar-refractivity contribution is 6.03. The molecule has 102 valence electrons. The molecule has 2 N–H and O–H groups in total. The summed E-state index contributed by atoms with van der Waals surface area (Å²) in [7, 11) is 0. The molecule has 0 saturated heterocycles. The summed E-state index contributed by atoms with van der Waals surface area (Å²) < 4.78 is 0. The SMILES string of the molecule is O=C(CC(=O)NC1CCCCC1)Nc1ccccc1. The third-order valence-corrected chi connectivity index (χ3v) is 3.35. The van der Waals surface area contributed by atoms with Gasteiger partial charge in [-0.3, -0.25) is 9.59 Å². The summed E-state index contributed by atoms with van der Waals surface area (Å²) in [6, 6.07) is 9.43. The Kier molecular flexibility index (Phi) is 4.95. The van der Waals surface area contributed by atoms with Gasteiger partial charge in [-0.1, -0.05) is 37.5 Å². The molecule has 0 atom stereocenters. The summed E-state index contributed by atoms with van der Waals surface area (Å²) in [6.07, 6.45) is 5.55. The first-order valence-corrected chi connectivity index (χ1v) is 6.88. The zero-order valence-electron chi connectivity index (χ0n) is 11.0. The first kappa shape index (κ1) is 13.6. The van der Waals surface area contributed by atoms with Gasteiger partial charge in [0, 0.05) is 11.7 Å². The molecule has 1 fully saturated rings. The predicted octanol–water partition coefficient (Wildman–Crippen LogP) is 2.46. The van der Waals surface area contributed by atoms with Crippen LogP contribution in [0.2, 0.25) is 0 Å². The predicted molar refractivity (Wildman–Crippen MR) is 74.7 cm³/mol. The summed E-state index contributed by atoms with van der Waals surface area (Å²) in [6.45, 7) is 0. The standard InChI is InChI=1S/C15H20N2O2/c18-14(16-12-7-3-1-4-8-12)11-15(19)17-13-9-5-2-6-10-13/h1,3-4,7-8,13H,2,5-6,9-11H2,(H,16,18)(H,17,19). The Morgan fingerprint density at radius 3 is 2.37 bits per heavy atom. The highest BCUT2D eigenvalue weighted by Gasteiger charge is 2.17. The first-order valence-electron chi connectivity index (χ1n) is 6.88. The molecule has 0 aliphatic heterocycles. The number of para-hydroxylation sites is 1. The van der Waals surface area contributed by atoms with Crippen LogP contribution in [-0.4, -0.2) is 17.9 Å². The van der Waals surface area contributed by atoms with Gasteiger partial charge < -0.3 is 10.6 Å². The first-order chi connectivity index (χ1) is 9.24. The maximum Gasteiger partial charge on any atom is 0.233 e. The van der Waals surface area contributed by atoms with Crippen LogP contribution >= 0.6 is 0 Å². The van der Waals surface area contributed by atoms with Crippen molar-refractivity contribution >= 4 is 17.5 Å². The lowest BCUT2D eigenvalue weighted by atomic mass is 9.95. The van der Waals surface area contributed by atoms with Crippen molar-refractivity contribution in [1.29, 1.82) is 0 Å². The van der Waals surface area contributed by atoms with Crippen LogP contribution in [0.5, 0.6) is 0 Å². The molecule has 1 saturated carbocycles. The van der Waals surface area contributed by atoms with E-state index in [9.17, 15) is 9.59 Å². The molecule has 2 rings (SSSR count). The third-order valence-electron chi connectivity index (χ3n) is 3.35. The Balaban J connectivity index is 1.74. The molecule has 1 aromatic carbocycles. The quantitative estimate of drug-likeness (QED) is 0.817. The van der Waals surface area contributed by atoms with Gasteiger partial charge in [-0.05, 0) is 25.0 Å². The minimum absolute atomic E-state index is 0.106. The molecule has 2 amide bonds. The largest absolute Gasteiger partial charge is 0.353 e. The minimum Gasteiger partial charge on any atom is -0.353 e. The fourth-order valence-corrected chi connectivity index (χ4v) is 2.40. The number of benzene rings is 1. The summed E-state index contributed by atoms with van der Waals surface area (Å²) in [5.41, 5.74) is 0.720. The molecule has 0 spiro atoms. The monoisotopic (exact) mass is 260 g/mol. The number of rotatable bonds is 4. The van der Waals surface area contributed by atoms with Gasteiger partial charge in [0.2, 0.25) is 11.8 Å². The molecule has 0 bridgehead atoms. The second-order valence-corrected chi connectivity index (χ2v) is 4.99. The van der Waals surface area contributed by atoms with Crippen LogP contribution in [0, 0.1) is 0 Å². The van der Waals surface area contributed by atoms with Crippen molar-refractivity contribution in [2.75, 3.05) is 5.32 Å². The van der Waals surface area contributed by atoms with Crippen molar-refractivity contribution in [1.82, 2.24) is 5.32 Å². The molecule has 4 heteroatoms. The lowest BCUT2D eigenvalue weighted by Gasteiger charge is -2.22. The minimum atomic E-state index is -0.264. The van der Waals surface area contributed by atoms with Crippen molar-refractivity contribution in [2.24, 2.45) is 0 Å². The van der Waals surface area contributed by atoms with E-state index in [2.05, 4.69) is 10.6 Å². The van der Waals surface area contributed by atoms with Crippen molar-refractivity contribution in [3.63, 3.8) is 0 Å². The normalized spacial score (nSPS) is 15.8. The van der Waals surface area contributed by atoms with Gasteiger partial charge in [-0.25, -0.2) is 0 Å². The average molecular weight is 260 g/mol. The van der Waals surface area contributed by atoms with Crippen LogP contribution < -0.4 is 10.6 Å². The van der Waals surface area contributed by atoms with Crippen molar-refractivity contribution in [3.05, 3.63) is 30.3 Å². The smallest absolute Gasteiger partial charge is 0.233 e. The van der Waals surface area contributed by atoms with E-state index in [1.807, 2.05) is 18.2 Å². The lowest BCUT2D eigenvalue weighted by molar-refractivity contribution is -0.127. The Morgan fingerprint density at radius 2 is 1.68 bits per heavy atom. The van der Waals surface area contributed by atoms with Crippen LogP contribution in [-0.2, 0) is 9.59 Å². The van der Waals surface area contributed by atoms with Gasteiger partial charge >= 0.3 is 0 Å². The van der Waals surface area contributed by atoms with Crippen LogP contribution in [0.3, 0.4) is 0 Å². The van der Waals surface area contributed by atoms with Crippen LogP contribution in [0.15, 0.2) is 30.3 Å². The summed E-state index contributed by atoms with van der Waals surface area (Å²) in [4.78, 5) is 23.4. The Bertz CT molecular complexity index is 425. The Labute approximate surface area is 113 Å². The van der Waals surface area contributed by atoms with Crippen molar-refractivity contribution < 1.29 is 9.59 Å². The van der Waals surface area contributed by atoms with E-state index in [1.54, 1.807) is 12.1 Å². The van der Waals surface area contributed by atoms with E-state index in [4.69, 9.17) is 0 Å². The Morgan fingerprint density at radius 1 is 1.00 bits per heavy atom. The molecule has 1 aromatic rings. The van der Waals surface area contributed by atoms with Crippen LogP contribution in [0.25, 0.3) is 0 Å². The number of carbonyl (C=O) groups excluding carboxylic acids is 2. The summed E-state index contributed by atoms with van der Waals surface area (Å²) in [5.74, 6) is -0.445. The van der Waals surface area contributed by atoms with Crippen molar-refractivity contribution in [2.45, 2.75) is 44.6 Å². The maximum atomic E-state index is 11.7. The molecule has 1 aliphatic rings. The second kappa shape index (κ2) is 6.92. The summed E-state index contributed by atoms with van der Waals surface area (Å²) in [5, 5.41) is 5.65. The lowest BCUT2D eigenvalue weighted by Crippen LogP contribution is -2.37. The molecular formula is C15H20N2O2. The van der Waals surface area contributed by atoms with E-state index in [1.165, 1.54) is 19.3 Å². The fraction of sp³-hybridized carbons (Fsp3) is 0.467. The second-order valence-electron chi connectivity index (χ2n) is 4.99. The molecule has 0 aromatic heterocycles. The maximum absolute atomic E-state index is 11.7. The molecule has 4 nitrogen and oxygen atoms in total. The average Bonchev–Trinajstić information content (AvgIpc) is 2.40. The molecular weight excluding hydrogens is 240 g/mol. The zero-order valence-corrected chi connectivity index (χ0v) is 11.0. The number of anilines is 1. The topological polar surface area (TPSA) is 58.2 Å². The summed E-state index contributed by atoms with van der Waals surface area (Å²) >= 11 is 0. The van der Waals surface area contributed by atoms with Gasteiger partial charge in [-0.2, -0.15) is 0 Å². The number of hydrogen-bond donors (Lipinski definition) is 2. The third kappa shape index (κ3) is 4.73. The van der Waals surface area contributed by atoms with E-state index in [-0.39, 0.29) is 24.3 Å². The fourth-order valence-electron chi connectivity index (χ4n) is 2.40. The van der Waals surface area contributed by atoms with Crippen LogP contribution in [0.1, 0.15) is 38.5 Å². The zero-order chi connectivity index (χ0) is 13.5. The van der Waals surface area contributed by atoms with E-state index >= 15 is 0 Å². The number of amides is 2. The highest BCUT2D eigenvalue weighted by atomic mass is 16.2. The van der Waals surface area contributed by atoms with E-state index in [0.29, 0.717) is 0 Å². The van der Waals surface area contributed by atoms with E-state index < -0.39 is 0 Å². The molecule has 0 radical (unpaired) electrons. The van der Waals surface area contributed by atoms with Crippen LogP contribution in [0.4, 0.5) is 5.69 Å². The number of hydrogen-bond acceptors (Lipinski definition) is 2. The Hall–Kier alpha value is -1.84. The van der Waals surface area contributed by atoms with Gasteiger partial charge in [0.1, 0.15) is 6.42 Å². The van der Waals surface area contributed by atoms with E-state index in [0.717, 1.165) is 18.5 Å². The number of carbonyl (C=O) groups is 2. The molecule has 0 heterocycles. The van der Waals surface area contributed by atoms with Gasteiger partial charge in [-0.15, -0.1) is 0 Å². The molecule has 1 aliphatic carbocycles. The molecule has 19 heavy (non-hydrogen) atoms. The van der Waals surface area contributed by atoms with Gasteiger partial charge in [0.05, 0.1) is 0 Å². The van der Waals surface area contributed by atoms with Gasteiger partial charge in [0.15, 0.2) is 0 Å². The number of nitrogens with one attached hydrogen (secondary N) is 2.